The van der Waals surface area contributed by atoms with Crippen molar-refractivity contribution in [3.05, 3.63) is 30.1 Å². The lowest BCUT2D eigenvalue weighted by molar-refractivity contribution is 0.102. The molecular weight excluding hydrogens is 238 g/mol. The molecular formula is C10H11N5OS. The van der Waals surface area contributed by atoms with Crippen LogP contribution in [0.25, 0.3) is 0 Å². The molecule has 17 heavy (non-hydrogen) atoms. The van der Waals surface area contributed by atoms with E-state index in [0.717, 1.165) is 11.5 Å². The molecule has 7 heteroatoms. The molecule has 0 aliphatic carbocycles. The summed E-state index contributed by atoms with van der Waals surface area (Å²) in [5, 5.41) is 10.0. The molecule has 0 aromatic carbocycles. The summed E-state index contributed by atoms with van der Waals surface area (Å²) in [6, 6.07) is 3.44. The van der Waals surface area contributed by atoms with Crippen LogP contribution in [0.1, 0.15) is 17.3 Å². The highest BCUT2D eigenvalue weighted by Crippen LogP contribution is 2.15. The van der Waals surface area contributed by atoms with Gasteiger partial charge in [-0.15, -0.1) is 5.10 Å². The second-order valence-electron chi connectivity index (χ2n) is 3.17. The largest absolute Gasteiger partial charge is 0.370 e. The fourth-order valence-corrected chi connectivity index (χ4v) is 1.71. The van der Waals surface area contributed by atoms with Gasteiger partial charge in [0, 0.05) is 24.3 Å². The first-order chi connectivity index (χ1) is 8.31. The van der Waals surface area contributed by atoms with E-state index < -0.39 is 0 Å². The SMILES string of the molecule is CCNc1ncccc1C(=O)Nc1cnns1. The normalized spacial score (nSPS) is 9.94. The lowest BCUT2D eigenvalue weighted by Gasteiger charge is -2.08. The van der Waals surface area contributed by atoms with Gasteiger partial charge in [0.1, 0.15) is 10.8 Å². The van der Waals surface area contributed by atoms with E-state index in [2.05, 4.69) is 25.2 Å². The van der Waals surface area contributed by atoms with E-state index in [9.17, 15) is 4.79 Å². The first kappa shape index (κ1) is 11.5. The fourth-order valence-electron chi connectivity index (χ4n) is 1.30. The maximum Gasteiger partial charge on any atom is 0.260 e. The molecule has 2 aromatic rings. The molecule has 0 fully saturated rings. The number of carbonyl (C=O) groups is 1. The molecule has 1 amide bonds. The van der Waals surface area contributed by atoms with Crippen molar-refractivity contribution in [3.8, 4) is 0 Å². The number of amides is 1. The minimum Gasteiger partial charge on any atom is -0.370 e. The molecule has 2 heterocycles. The highest BCUT2D eigenvalue weighted by molar-refractivity contribution is 7.10. The number of hydrogen-bond acceptors (Lipinski definition) is 6. The van der Waals surface area contributed by atoms with Crippen LogP contribution >= 0.6 is 11.5 Å². The van der Waals surface area contributed by atoms with E-state index in [1.807, 2.05) is 6.92 Å². The Balaban J connectivity index is 2.18. The zero-order valence-electron chi connectivity index (χ0n) is 9.17. The summed E-state index contributed by atoms with van der Waals surface area (Å²) in [7, 11) is 0. The van der Waals surface area contributed by atoms with Crippen LogP contribution in [-0.4, -0.2) is 27.0 Å². The summed E-state index contributed by atoms with van der Waals surface area (Å²) < 4.78 is 3.67. The minimum absolute atomic E-state index is 0.222. The predicted molar refractivity (Wildman–Crippen MR) is 66.3 cm³/mol. The average molecular weight is 249 g/mol. The molecule has 2 rings (SSSR count). The van der Waals surface area contributed by atoms with Crippen molar-refractivity contribution < 1.29 is 4.79 Å². The molecule has 0 saturated heterocycles. The zero-order valence-corrected chi connectivity index (χ0v) is 9.99. The Hall–Kier alpha value is -2.02. The lowest BCUT2D eigenvalue weighted by atomic mass is 10.2. The van der Waals surface area contributed by atoms with Crippen LogP contribution in [0.2, 0.25) is 0 Å². The van der Waals surface area contributed by atoms with Crippen LogP contribution in [0, 0.1) is 0 Å². The predicted octanol–water partition coefficient (Wildman–Crippen LogP) is 1.62. The average Bonchev–Trinajstić information content (AvgIpc) is 2.83. The van der Waals surface area contributed by atoms with Crippen molar-refractivity contribution in [2.24, 2.45) is 0 Å². The Morgan fingerprint density at radius 1 is 1.53 bits per heavy atom. The number of nitrogens with one attached hydrogen (secondary N) is 2. The summed E-state index contributed by atoms with van der Waals surface area (Å²) in [6.45, 7) is 2.66. The third kappa shape index (κ3) is 2.76. The van der Waals surface area contributed by atoms with Gasteiger partial charge in [0.15, 0.2) is 0 Å². The molecule has 0 bridgehead atoms. The van der Waals surface area contributed by atoms with E-state index >= 15 is 0 Å². The Kier molecular flexibility index (Phi) is 3.61. The molecule has 88 valence electrons. The van der Waals surface area contributed by atoms with Crippen molar-refractivity contribution in [2.45, 2.75) is 6.92 Å². The van der Waals surface area contributed by atoms with Gasteiger partial charge in [0.05, 0.1) is 11.8 Å². The highest BCUT2D eigenvalue weighted by atomic mass is 32.1. The Labute approximate surface area is 102 Å². The molecule has 0 aliphatic rings. The molecule has 0 spiro atoms. The van der Waals surface area contributed by atoms with E-state index in [-0.39, 0.29) is 5.91 Å². The second kappa shape index (κ2) is 5.35. The van der Waals surface area contributed by atoms with Gasteiger partial charge in [-0.2, -0.15) is 0 Å². The van der Waals surface area contributed by atoms with Crippen molar-refractivity contribution in [1.82, 2.24) is 14.6 Å². The Bertz CT molecular complexity index is 499. The second-order valence-corrected chi connectivity index (χ2v) is 3.95. The van der Waals surface area contributed by atoms with E-state index in [0.29, 0.717) is 22.9 Å². The van der Waals surface area contributed by atoms with Gasteiger partial charge >= 0.3 is 0 Å². The number of nitrogens with zero attached hydrogens (tertiary/aromatic N) is 3. The third-order valence-electron chi connectivity index (χ3n) is 1.99. The fraction of sp³-hybridized carbons (Fsp3) is 0.200. The van der Waals surface area contributed by atoms with Gasteiger partial charge in [-0.1, -0.05) is 4.49 Å². The number of carbonyl (C=O) groups excluding carboxylic acids is 1. The molecule has 0 aliphatic heterocycles. The zero-order chi connectivity index (χ0) is 12.1. The first-order valence-corrected chi connectivity index (χ1v) is 5.86. The topological polar surface area (TPSA) is 79.8 Å². The van der Waals surface area contributed by atoms with Gasteiger partial charge in [-0.3, -0.25) is 4.79 Å². The number of aromatic nitrogens is 3. The summed E-state index contributed by atoms with van der Waals surface area (Å²) in [5.74, 6) is 0.352. The number of rotatable bonds is 4. The van der Waals surface area contributed by atoms with Crippen LogP contribution in [-0.2, 0) is 0 Å². The van der Waals surface area contributed by atoms with E-state index in [1.165, 1.54) is 6.20 Å². The summed E-state index contributed by atoms with van der Waals surface area (Å²) in [6.07, 6.45) is 3.15. The maximum absolute atomic E-state index is 12.0. The van der Waals surface area contributed by atoms with Crippen molar-refractivity contribution in [3.63, 3.8) is 0 Å². The summed E-state index contributed by atoms with van der Waals surface area (Å²) >= 11 is 1.13. The molecule has 0 unspecified atom stereocenters. The number of anilines is 2. The lowest BCUT2D eigenvalue weighted by Crippen LogP contribution is -2.15. The van der Waals surface area contributed by atoms with Crippen LogP contribution in [0.3, 0.4) is 0 Å². The van der Waals surface area contributed by atoms with Crippen LogP contribution in [0.5, 0.6) is 0 Å². The summed E-state index contributed by atoms with van der Waals surface area (Å²) in [4.78, 5) is 16.1. The van der Waals surface area contributed by atoms with Crippen molar-refractivity contribution >= 4 is 28.3 Å². The molecule has 2 N–H and O–H groups in total. The van der Waals surface area contributed by atoms with Crippen LogP contribution in [0.4, 0.5) is 10.8 Å². The summed E-state index contributed by atoms with van der Waals surface area (Å²) in [5.41, 5.74) is 0.503. The van der Waals surface area contributed by atoms with Gasteiger partial charge in [-0.05, 0) is 19.1 Å². The molecule has 0 saturated carbocycles. The minimum atomic E-state index is -0.222. The van der Waals surface area contributed by atoms with Crippen molar-refractivity contribution in [1.29, 1.82) is 0 Å². The first-order valence-electron chi connectivity index (χ1n) is 5.09. The van der Waals surface area contributed by atoms with Crippen molar-refractivity contribution in [2.75, 3.05) is 17.2 Å². The Morgan fingerprint density at radius 3 is 3.12 bits per heavy atom. The van der Waals surface area contributed by atoms with Gasteiger partial charge < -0.3 is 10.6 Å². The van der Waals surface area contributed by atoms with E-state index in [4.69, 9.17) is 0 Å². The standard InChI is InChI=1S/C10H11N5OS/c1-2-11-9-7(4-3-5-12-9)10(16)14-8-6-13-15-17-8/h3-6H,2H2,1H3,(H,11,12)(H,14,16). The molecule has 0 radical (unpaired) electrons. The number of pyridine rings is 1. The van der Waals surface area contributed by atoms with E-state index in [1.54, 1.807) is 18.3 Å². The highest BCUT2D eigenvalue weighted by Gasteiger charge is 2.12. The number of hydrogen-bond donors (Lipinski definition) is 2. The third-order valence-corrected chi connectivity index (χ3v) is 2.57. The molecule has 0 atom stereocenters. The van der Waals surface area contributed by atoms with Crippen LogP contribution in [0.15, 0.2) is 24.5 Å². The van der Waals surface area contributed by atoms with Crippen LogP contribution < -0.4 is 10.6 Å². The van der Waals surface area contributed by atoms with Gasteiger partial charge in [-0.25, -0.2) is 4.98 Å². The quantitative estimate of drug-likeness (QED) is 0.860. The van der Waals surface area contributed by atoms with Gasteiger partial charge in [0.2, 0.25) is 0 Å². The molecule has 2 aromatic heterocycles. The van der Waals surface area contributed by atoms with Gasteiger partial charge in [0.25, 0.3) is 5.91 Å². The smallest absolute Gasteiger partial charge is 0.260 e. The maximum atomic E-state index is 12.0. The molecule has 6 nitrogen and oxygen atoms in total. The monoisotopic (exact) mass is 249 g/mol. The Morgan fingerprint density at radius 2 is 2.41 bits per heavy atom.